The summed E-state index contributed by atoms with van der Waals surface area (Å²) in [5.74, 6) is -0.409. The monoisotopic (exact) mass is 319 g/mol. The molecule has 0 bridgehead atoms. The molecule has 0 aliphatic heterocycles. The number of rotatable bonds is 4. The van der Waals surface area contributed by atoms with Gasteiger partial charge in [-0.25, -0.2) is 4.79 Å². The van der Waals surface area contributed by atoms with Gasteiger partial charge in [0, 0.05) is 17.1 Å². The number of hydrogen-bond donors (Lipinski definition) is 2. The second kappa shape index (κ2) is 6.31. The zero-order valence-electron chi connectivity index (χ0n) is 12.0. The van der Waals surface area contributed by atoms with E-state index in [0.717, 1.165) is 35.1 Å². The summed E-state index contributed by atoms with van der Waals surface area (Å²) < 4.78 is 1.06. The highest BCUT2D eigenvalue weighted by molar-refractivity contribution is 7.09. The Morgan fingerprint density at radius 2 is 2.14 bits per heavy atom. The summed E-state index contributed by atoms with van der Waals surface area (Å²) >= 11 is 1.46. The van der Waals surface area contributed by atoms with Gasteiger partial charge in [0.15, 0.2) is 0 Å². The molecule has 0 spiro atoms. The number of H-pyrrole nitrogens is 1. The molecular weight excluding hydrogens is 302 g/mol. The molecule has 1 aliphatic rings. The number of thiophene rings is 1. The summed E-state index contributed by atoms with van der Waals surface area (Å²) in [5.41, 5.74) is -1.06. The normalized spacial score (nSPS) is 15.1. The second-order valence-electron chi connectivity index (χ2n) is 5.43. The number of amides is 1. The molecular formula is C15H17N3O3S. The second-order valence-corrected chi connectivity index (χ2v) is 6.47. The van der Waals surface area contributed by atoms with Crippen molar-refractivity contribution in [1.29, 1.82) is 0 Å². The highest BCUT2D eigenvalue weighted by Crippen LogP contribution is 2.17. The summed E-state index contributed by atoms with van der Waals surface area (Å²) in [6.45, 7) is 0.177. The van der Waals surface area contributed by atoms with Crippen LogP contribution in [0.15, 0.2) is 33.3 Å². The van der Waals surface area contributed by atoms with Crippen LogP contribution in [0, 0.1) is 0 Å². The van der Waals surface area contributed by atoms with E-state index in [4.69, 9.17) is 0 Å². The molecule has 2 heterocycles. The van der Waals surface area contributed by atoms with Gasteiger partial charge in [0.05, 0.1) is 6.54 Å². The number of nitrogens with zero attached hydrogens (tertiary/aromatic N) is 1. The molecule has 116 valence electrons. The minimum atomic E-state index is -0.548. The van der Waals surface area contributed by atoms with Crippen molar-refractivity contribution in [3.05, 3.63) is 55.0 Å². The topological polar surface area (TPSA) is 84.0 Å². The molecule has 7 heteroatoms. The summed E-state index contributed by atoms with van der Waals surface area (Å²) in [5, 5.41) is 4.75. The lowest BCUT2D eigenvalue weighted by molar-refractivity contribution is 0.0935. The highest BCUT2D eigenvalue weighted by Gasteiger charge is 2.21. The standard InChI is InChI=1S/C15H17N3O3S/c19-13(17-10-4-1-2-5-10)12-8-16-15(21)18(14(12)20)9-11-6-3-7-22-11/h3,6-8,10H,1-2,4-5,9H2,(H,16,21)(H,17,19). The Bertz CT molecular complexity index is 770. The lowest BCUT2D eigenvalue weighted by atomic mass is 10.2. The fourth-order valence-corrected chi connectivity index (χ4v) is 3.40. The van der Waals surface area contributed by atoms with Gasteiger partial charge in [-0.3, -0.25) is 14.2 Å². The van der Waals surface area contributed by atoms with E-state index in [1.165, 1.54) is 17.5 Å². The lowest BCUT2D eigenvalue weighted by Crippen LogP contribution is -2.42. The van der Waals surface area contributed by atoms with Crippen LogP contribution >= 0.6 is 11.3 Å². The van der Waals surface area contributed by atoms with Crippen molar-refractivity contribution in [3.8, 4) is 0 Å². The third-order valence-corrected chi connectivity index (χ3v) is 4.75. The maximum absolute atomic E-state index is 12.4. The Morgan fingerprint density at radius 3 is 2.82 bits per heavy atom. The fourth-order valence-electron chi connectivity index (χ4n) is 2.71. The summed E-state index contributed by atoms with van der Waals surface area (Å²) in [7, 11) is 0. The van der Waals surface area contributed by atoms with Gasteiger partial charge in [-0.05, 0) is 24.3 Å². The molecule has 1 amide bonds. The number of aromatic amines is 1. The first kappa shape index (κ1) is 14.8. The highest BCUT2D eigenvalue weighted by atomic mass is 32.1. The van der Waals surface area contributed by atoms with E-state index in [0.29, 0.717) is 0 Å². The Balaban J connectivity index is 1.87. The molecule has 1 aliphatic carbocycles. The predicted octanol–water partition coefficient (Wildman–Crippen LogP) is 1.32. The largest absolute Gasteiger partial charge is 0.349 e. The van der Waals surface area contributed by atoms with Gasteiger partial charge >= 0.3 is 5.69 Å². The Labute approximate surface area is 130 Å². The van der Waals surface area contributed by atoms with E-state index in [9.17, 15) is 14.4 Å². The Hall–Kier alpha value is -2.15. The van der Waals surface area contributed by atoms with Crippen LogP contribution < -0.4 is 16.6 Å². The van der Waals surface area contributed by atoms with Gasteiger partial charge < -0.3 is 10.3 Å². The van der Waals surface area contributed by atoms with Crippen LogP contribution in [0.3, 0.4) is 0 Å². The molecule has 0 saturated heterocycles. The van der Waals surface area contributed by atoms with E-state index < -0.39 is 17.2 Å². The molecule has 6 nitrogen and oxygen atoms in total. The molecule has 1 fully saturated rings. The van der Waals surface area contributed by atoms with Crippen molar-refractivity contribution < 1.29 is 4.79 Å². The third kappa shape index (κ3) is 3.04. The number of carbonyl (C=O) groups is 1. The predicted molar refractivity (Wildman–Crippen MR) is 84.5 cm³/mol. The molecule has 2 aromatic heterocycles. The molecule has 0 atom stereocenters. The van der Waals surface area contributed by atoms with Crippen LogP contribution in [-0.4, -0.2) is 21.5 Å². The quantitative estimate of drug-likeness (QED) is 0.891. The van der Waals surface area contributed by atoms with E-state index >= 15 is 0 Å². The maximum Gasteiger partial charge on any atom is 0.328 e. The van der Waals surface area contributed by atoms with Crippen LogP contribution in [0.4, 0.5) is 0 Å². The molecule has 0 radical (unpaired) electrons. The number of hydrogen-bond acceptors (Lipinski definition) is 4. The van der Waals surface area contributed by atoms with Crippen LogP contribution in [0.1, 0.15) is 40.9 Å². The minimum absolute atomic E-state index is 0.0111. The van der Waals surface area contributed by atoms with Crippen LogP contribution in [-0.2, 0) is 6.54 Å². The van der Waals surface area contributed by atoms with E-state index in [-0.39, 0.29) is 18.2 Å². The van der Waals surface area contributed by atoms with Gasteiger partial charge in [-0.1, -0.05) is 18.9 Å². The lowest BCUT2D eigenvalue weighted by Gasteiger charge is -2.12. The van der Waals surface area contributed by atoms with Crippen molar-refractivity contribution in [1.82, 2.24) is 14.9 Å². The number of carbonyl (C=O) groups excluding carboxylic acids is 1. The molecule has 22 heavy (non-hydrogen) atoms. The van der Waals surface area contributed by atoms with E-state index in [2.05, 4.69) is 10.3 Å². The van der Waals surface area contributed by atoms with Crippen LogP contribution in [0.25, 0.3) is 0 Å². The van der Waals surface area contributed by atoms with Crippen LogP contribution in [0.5, 0.6) is 0 Å². The number of aromatic nitrogens is 2. The molecule has 2 aromatic rings. The van der Waals surface area contributed by atoms with Crippen molar-refractivity contribution in [2.24, 2.45) is 0 Å². The average molecular weight is 319 g/mol. The van der Waals surface area contributed by atoms with Gasteiger partial charge in [0.1, 0.15) is 5.56 Å². The van der Waals surface area contributed by atoms with Crippen molar-refractivity contribution in [3.63, 3.8) is 0 Å². The molecule has 2 N–H and O–H groups in total. The first-order valence-electron chi connectivity index (χ1n) is 7.31. The van der Waals surface area contributed by atoms with Crippen molar-refractivity contribution in [2.45, 2.75) is 38.3 Å². The van der Waals surface area contributed by atoms with Crippen molar-refractivity contribution in [2.75, 3.05) is 0 Å². The average Bonchev–Trinajstić information content (AvgIpc) is 3.16. The van der Waals surface area contributed by atoms with Gasteiger partial charge in [0.25, 0.3) is 11.5 Å². The smallest absolute Gasteiger partial charge is 0.328 e. The summed E-state index contributed by atoms with van der Waals surface area (Å²) in [6.07, 6.45) is 5.29. The maximum atomic E-state index is 12.4. The molecule has 3 rings (SSSR count). The zero-order chi connectivity index (χ0) is 15.5. The SMILES string of the molecule is O=C(NC1CCCC1)c1c[nH]c(=O)n(Cc2cccs2)c1=O. The van der Waals surface area contributed by atoms with Crippen LogP contribution in [0.2, 0.25) is 0 Å². The number of nitrogens with one attached hydrogen (secondary N) is 2. The molecule has 0 aromatic carbocycles. The first-order chi connectivity index (χ1) is 10.6. The molecule has 1 saturated carbocycles. The summed E-state index contributed by atoms with van der Waals surface area (Å²) in [6, 6.07) is 3.84. The van der Waals surface area contributed by atoms with E-state index in [1.807, 2.05) is 17.5 Å². The minimum Gasteiger partial charge on any atom is -0.349 e. The fraction of sp³-hybridized carbons (Fsp3) is 0.400. The Morgan fingerprint density at radius 1 is 1.36 bits per heavy atom. The zero-order valence-corrected chi connectivity index (χ0v) is 12.8. The Kier molecular flexibility index (Phi) is 4.24. The summed E-state index contributed by atoms with van der Waals surface area (Å²) in [4.78, 5) is 39.9. The van der Waals surface area contributed by atoms with Gasteiger partial charge in [-0.2, -0.15) is 0 Å². The van der Waals surface area contributed by atoms with Gasteiger partial charge in [-0.15, -0.1) is 11.3 Å². The van der Waals surface area contributed by atoms with Gasteiger partial charge in [0.2, 0.25) is 0 Å². The first-order valence-corrected chi connectivity index (χ1v) is 8.19. The third-order valence-electron chi connectivity index (χ3n) is 3.89. The van der Waals surface area contributed by atoms with E-state index in [1.54, 1.807) is 0 Å². The van der Waals surface area contributed by atoms with Crippen molar-refractivity contribution >= 4 is 17.2 Å². The molecule has 0 unspecified atom stereocenters.